The van der Waals surface area contributed by atoms with Crippen molar-refractivity contribution in [1.29, 1.82) is 0 Å². The van der Waals surface area contributed by atoms with E-state index in [1.165, 1.54) is 16.1 Å². The fourth-order valence-corrected chi connectivity index (χ4v) is 3.74. The quantitative estimate of drug-likeness (QED) is 0.930. The van der Waals surface area contributed by atoms with E-state index in [9.17, 15) is 0 Å². The Morgan fingerprint density at radius 1 is 1.29 bits per heavy atom. The fraction of sp³-hybridized carbons (Fsp3) is 0.471. The highest BCUT2D eigenvalue weighted by Gasteiger charge is 2.32. The van der Waals surface area contributed by atoms with Crippen LogP contribution < -0.4 is 10.2 Å². The summed E-state index contributed by atoms with van der Waals surface area (Å²) in [7, 11) is 0. The second kappa shape index (κ2) is 6.16. The SMILES string of the molecule is CCC1(CC)CN(Cc2cncs2)c2ccccc2CN1. The van der Waals surface area contributed by atoms with Gasteiger partial charge >= 0.3 is 0 Å². The average Bonchev–Trinajstić information content (AvgIpc) is 2.98. The molecule has 0 bridgehead atoms. The normalized spacial score (nSPS) is 17.3. The highest BCUT2D eigenvalue weighted by molar-refractivity contribution is 7.09. The predicted octanol–water partition coefficient (Wildman–Crippen LogP) is 3.81. The first-order chi connectivity index (χ1) is 10.3. The minimum atomic E-state index is 0.198. The monoisotopic (exact) mass is 301 g/mol. The first-order valence-electron chi connectivity index (χ1n) is 7.71. The lowest BCUT2D eigenvalue weighted by atomic mass is 9.92. The fourth-order valence-electron chi connectivity index (χ4n) is 3.13. The summed E-state index contributed by atoms with van der Waals surface area (Å²) in [5.74, 6) is 0. The molecule has 0 saturated carbocycles. The molecule has 0 unspecified atom stereocenters. The first-order valence-corrected chi connectivity index (χ1v) is 8.59. The molecule has 4 heteroatoms. The number of nitrogens with zero attached hydrogens (tertiary/aromatic N) is 2. The molecule has 1 N–H and O–H groups in total. The van der Waals surface area contributed by atoms with E-state index < -0.39 is 0 Å². The summed E-state index contributed by atoms with van der Waals surface area (Å²) in [5, 5.41) is 3.81. The van der Waals surface area contributed by atoms with Crippen molar-refractivity contribution < 1.29 is 0 Å². The first kappa shape index (κ1) is 14.5. The number of rotatable bonds is 4. The molecule has 1 aromatic heterocycles. The van der Waals surface area contributed by atoms with E-state index in [0.717, 1.165) is 32.5 Å². The molecule has 2 heterocycles. The molecular weight excluding hydrogens is 278 g/mol. The summed E-state index contributed by atoms with van der Waals surface area (Å²) < 4.78 is 0. The van der Waals surface area contributed by atoms with Gasteiger partial charge in [0.15, 0.2) is 0 Å². The highest BCUT2D eigenvalue weighted by atomic mass is 32.1. The van der Waals surface area contributed by atoms with Gasteiger partial charge in [0.2, 0.25) is 0 Å². The molecule has 3 rings (SSSR count). The van der Waals surface area contributed by atoms with Crippen LogP contribution >= 0.6 is 11.3 Å². The third-order valence-electron chi connectivity index (χ3n) is 4.66. The topological polar surface area (TPSA) is 28.2 Å². The van der Waals surface area contributed by atoms with E-state index in [-0.39, 0.29) is 5.54 Å². The summed E-state index contributed by atoms with van der Waals surface area (Å²) >= 11 is 1.74. The summed E-state index contributed by atoms with van der Waals surface area (Å²) in [6.45, 7) is 7.53. The standard InChI is InChI=1S/C17H23N3S/c1-3-17(4-2)12-20(11-15-10-18-13-21-15)16-8-6-5-7-14(16)9-19-17/h5-8,10,13,19H,3-4,9,11-12H2,1-2H3. The van der Waals surface area contributed by atoms with Crippen molar-refractivity contribution >= 4 is 17.0 Å². The lowest BCUT2D eigenvalue weighted by molar-refractivity contribution is 0.307. The van der Waals surface area contributed by atoms with Gasteiger partial charge in [-0.1, -0.05) is 32.0 Å². The van der Waals surface area contributed by atoms with Crippen molar-refractivity contribution in [1.82, 2.24) is 10.3 Å². The summed E-state index contributed by atoms with van der Waals surface area (Å²) in [6.07, 6.45) is 4.29. The number of fused-ring (bicyclic) bond motifs is 1. The molecule has 0 aliphatic carbocycles. The Balaban J connectivity index is 1.95. The highest BCUT2D eigenvalue weighted by Crippen LogP contribution is 2.31. The summed E-state index contributed by atoms with van der Waals surface area (Å²) in [5.41, 5.74) is 4.88. The van der Waals surface area contributed by atoms with Gasteiger partial charge in [-0.2, -0.15) is 0 Å². The molecule has 1 aromatic carbocycles. The average molecular weight is 301 g/mol. The van der Waals surface area contributed by atoms with Crippen LogP contribution in [0.1, 0.15) is 37.1 Å². The van der Waals surface area contributed by atoms with Crippen LogP contribution in [-0.4, -0.2) is 17.1 Å². The van der Waals surface area contributed by atoms with E-state index in [0.29, 0.717) is 0 Å². The number of benzene rings is 1. The van der Waals surface area contributed by atoms with Gasteiger partial charge in [-0.15, -0.1) is 11.3 Å². The van der Waals surface area contributed by atoms with Gasteiger partial charge in [0.1, 0.15) is 0 Å². The molecule has 0 radical (unpaired) electrons. The lowest BCUT2D eigenvalue weighted by Crippen LogP contribution is -2.50. The number of thiazole rings is 1. The number of nitrogens with one attached hydrogen (secondary N) is 1. The van der Waals surface area contributed by atoms with Crippen LogP contribution in [0.2, 0.25) is 0 Å². The number of anilines is 1. The Morgan fingerprint density at radius 2 is 2.10 bits per heavy atom. The van der Waals surface area contributed by atoms with Crippen LogP contribution in [0.15, 0.2) is 36.0 Å². The second-order valence-corrected chi connectivity index (χ2v) is 6.76. The van der Waals surface area contributed by atoms with Crippen LogP contribution in [0.3, 0.4) is 0 Å². The third kappa shape index (κ3) is 2.97. The van der Waals surface area contributed by atoms with Crippen molar-refractivity contribution in [2.45, 2.75) is 45.3 Å². The van der Waals surface area contributed by atoms with Crippen LogP contribution in [0.5, 0.6) is 0 Å². The molecular formula is C17H23N3S. The number of para-hydroxylation sites is 1. The molecule has 1 aliphatic rings. The Kier molecular flexibility index (Phi) is 4.27. The van der Waals surface area contributed by atoms with Crippen LogP contribution in [0.4, 0.5) is 5.69 Å². The third-order valence-corrected chi connectivity index (χ3v) is 5.43. The predicted molar refractivity (Wildman–Crippen MR) is 89.8 cm³/mol. The van der Waals surface area contributed by atoms with Gasteiger partial charge in [0.25, 0.3) is 0 Å². The van der Waals surface area contributed by atoms with Crippen LogP contribution in [0, 0.1) is 0 Å². The van der Waals surface area contributed by atoms with E-state index in [1.54, 1.807) is 11.3 Å². The maximum Gasteiger partial charge on any atom is 0.0794 e. The minimum Gasteiger partial charge on any atom is -0.364 e. The molecule has 0 saturated heterocycles. The Morgan fingerprint density at radius 3 is 2.81 bits per heavy atom. The Labute approximate surface area is 131 Å². The van der Waals surface area contributed by atoms with E-state index in [4.69, 9.17) is 0 Å². The lowest BCUT2D eigenvalue weighted by Gasteiger charge is -2.36. The minimum absolute atomic E-state index is 0.198. The molecule has 3 nitrogen and oxygen atoms in total. The zero-order chi connectivity index (χ0) is 14.7. The summed E-state index contributed by atoms with van der Waals surface area (Å²) in [4.78, 5) is 8.07. The van der Waals surface area contributed by atoms with Gasteiger partial charge in [-0.05, 0) is 24.5 Å². The van der Waals surface area contributed by atoms with Gasteiger partial charge in [-0.25, -0.2) is 0 Å². The molecule has 21 heavy (non-hydrogen) atoms. The molecule has 0 atom stereocenters. The molecule has 1 aliphatic heterocycles. The van der Waals surface area contributed by atoms with Crippen molar-refractivity contribution in [3.05, 3.63) is 46.4 Å². The Bertz CT molecular complexity index is 575. The van der Waals surface area contributed by atoms with E-state index in [2.05, 4.69) is 53.3 Å². The van der Waals surface area contributed by atoms with Crippen LogP contribution in [-0.2, 0) is 13.1 Å². The molecule has 112 valence electrons. The largest absolute Gasteiger partial charge is 0.364 e. The molecule has 2 aromatic rings. The van der Waals surface area contributed by atoms with Crippen LogP contribution in [0.25, 0.3) is 0 Å². The number of hydrogen-bond acceptors (Lipinski definition) is 4. The molecule has 0 amide bonds. The van der Waals surface area contributed by atoms with Gasteiger partial charge in [0.05, 0.1) is 12.1 Å². The Hall–Kier alpha value is -1.39. The van der Waals surface area contributed by atoms with Gasteiger partial charge in [0, 0.05) is 35.4 Å². The maximum absolute atomic E-state index is 4.22. The molecule has 0 spiro atoms. The molecule has 0 fully saturated rings. The maximum atomic E-state index is 4.22. The zero-order valence-electron chi connectivity index (χ0n) is 12.8. The summed E-state index contributed by atoms with van der Waals surface area (Å²) in [6, 6.07) is 8.77. The smallest absolute Gasteiger partial charge is 0.0794 e. The second-order valence-electron chi connectivity index (χ2n) is 5.79. The van der Waals surface area contributed by atoms with Gasteiger partial charge < -0.3 is 10.2 Å². The van der Waals surface area contributed by atoms with E-state index >= 15 is 0 Å². The van der Waals surface area contributed by atoms with Crippen molar-refractivity contribution in [2.24, 2.45) is 0 Å². The number of hydrogen-bond donors (Lipinski definition) is 1. The van der Waals surface area contributed by atoms with Crippen molar-refractivity contribution in [2.75, 3.05) is 11.4 Å². The van der Waals surface area contributed by atoms with Crippen molar-refractivity contribution in [3.63, 3.8) is 0 Å². The van der Waals surface area contributed by atoms with E-state index in [1.807, 2.05) is 11.7 Å². The number of aromatic nitrogens is 1. The zero-order valence-corrected chi connectivity index (χ0v) is 13.6. The van der Waals surface area contributed by atoms with Gasteiger partial charge in [-0.3, -0.25) is 4.98 Å². The van der Waals surface area contributed by atoms with Crippen molar-refractivity contribution in [3.8, 4) is 0 Å².